The van der Waals surface area contributed by atoms with Crippen molar-refractivity contribution in [1.29, 1.82) is 0 Å². The Kier molecular flexibility index (Phi) is 70.4. The van der Waals surface area contributed by atoms with Gasteiger partial charge < -0.3 is 58.7 Å². The van der Waals surface area contributed by atoms with Crippen LogP contribution in [0.3, 0.4) is 0 Å². The van der Waals surface area contributed by atoms with Crippen molar-refractivity contribution >= 4 is 52.1 Å². The first-order chi connectivity index (χ1) is 49.8. The molecule has 108 heavy (non-hydrogen) atoms. The zero-order valence-corrected chi connectivity index (χ0v) is 70.7. The molecular weight excluding hydrogens is 1550 g/mol. The molecule has 36 nitrogen and oxygen atoms in total. The fraction of sp³-hybridized carbons (Fsp3) is 0.400. The molecule has 0 aliphatic heterocycles. The summed E-state index contributed by atoms with van der Waals surface area (Å²) in [5, 5.41) is 0. The van der Waals surface area contributed by atoms with Gasteiger partial charge in [-0.3, -0.25) is 25.2 Å². The summed E-state index contributed by atoms with van der Waals surface area (Å²) in [6, 6.07) is 0. The summed E-state index contributed by atoms with van der Waals surface area (Å²) in [6.45, 7) is 0. The van der Waals surface area contributed by atoms with Crippen molar-refractivity contribution in [2.45, 2.75) is 0 Å². The van der Waals surface area contributed by atoms with Crippen LogP contribution < -0.4 is 114 Å². The maximum atomic E-state index is 9.95. The minimum Gasteiger partial charge on any atom is -0.816 e. The van der Waals surface area contributed by atoms with E-state index >= 15 is 0 Å². The zero-order valence-electron chi connectivity index (χ0n) is 65.4. The van der Waals surface area contributed by atoms with Gasteiger partial charge in [-0.2, -0.15) is 0 Å². The van der Waals surface area contributed by atoms with E-state index in [9.17, 15) is 25.2 Å². The standard InChI is InChI=1S/12C5H9N2.6FO2P/c12*1-6-3-4-7(2)5-6;6*1-4(2)3/h12*3-5H,1-2H3;;;;;;/q12*+1;6*-2. The lowest BCUT2D eigenvalue weighted by Gasteiger charge is -2.14. The van der Waals surface area contributed by atoms with Crippen LogP contribution in [0.15, 0.2) is 225 Å². The number of hydrogen-bond donors (Lipinski definition) is 0. The van der Waals surface area contributed by atoms with Gasteiger partial charge in [0.2, 0.25) is 75.9 Å². The van der Waals surface area contributed by atoms with Crippen molar-refractivity contribution in [3.63, 3.8) is 0 Å². The van der Waals surface area contributed by atoms with Crippen molar-refractivity contribution in [3.05, 3.63) is 225 Å². The highest BCUT2D eigenvalue weighted by Gasteiger charge is 1.95. The second-order valence-corrected chi connectivity index (χ2v) is 24.8. The first-order valence-electron chi connectivity index (χ1n) is 30.3. The first kappa shape index (κ1) is 111. The molecule has 612 valence electrons. The molecule has 12 aromatic rings. The van der Waals surface area contributed by atoms with E-state index in [1.807, 2.05) is 503 Å². The molecule has 0 N–H and O–H groups in total. The molecule has 0 radical (unpaired) electrons. The van der Waals surface area contributed by atoms with Crippen molar-refractivity contribution in [3.8, 4) is 0 Å². The third-order valence-corrected chi connectivity index (χ3v) is 10.8. The van der Waals surface area contributed by atoms with E-state index in [0.717, 1.165) is 0 Å². The van der Waals surface area contributed by atoms with Crippen LogP contribution >= 0.6 is 52.1 Å². The van der Waals surface area contributed by atoms with E-state index in [0.29, 0.717) is 0 Å². The maximum absolute atomic E-state index is 9.95. The SMILES string of the molecule is Cn1cc[n+](C)c1.Cn1cc[n+](C)c1.Cn1cc[n+](C)c1.Cn1cc[n+](C)c1.Cn1cc[n+](C)c1.Cn1cc[n+](C)c1.Cn1cc[n+](C)c1.Cn1cc[n+](C)c1.Cn1cc[n+](C)c1.Cn1cc[n+](C)c1.Cn1cc[n+](C)c1.Cn1cc[n+](C)c1.[O-]P([O-])F.[O-]P([O-])F.[O-]P([O-])F.[O-]P([O-])F.[O-]P([O-])F.[O-]P([O-])F. The monoisotopic (exact) mass is 1660 g/mol. The van der Waals surface area contributed by atoms with Gasteiger partial charge in [0.25, 0.3) is 0 Å². The molecule has 0 aliphatic carbocycles. The van der Waals surface area contributed by atoms with Crippen LogP contribution in [-0.2, 0) is 169 Å². The molecule has 12 heterocycles. The normalized spacial score (nSPS) is 9.33. The predicted octanol–water partition coefficient (Wildman–Crippen LogP) is -8.38. The van der Waals surface area contributed by atoms with E-state index in [4.69, 9.17) is 58.7 Å². The Bertz CT molecular complexity index is 2860. The Balaban J connectivity index is -0.000000256. The van der Waals surface area contributed by atoms with Crippen LogP contribution in [0.25, 0.3) is 0 Å². The fourth-order valence-corrected chi connectivity index (χ4v) is 6.90. The quantitative estimate of drug-likeness (QED) is 0.0777. The Morgan fingerprint density at radius 3 is 0.213 bits per heavy atom. The lowest BCUT2D eigenvalue weighted by atomic mass is 10.9. The minimum absolute atomic E-state index is 2.00. The molecular formula is C60H108F6N24O12P6. The molecule has 0 saturated heterocycles. The van der Waals surface area contributed by atoms with E-state index in [1.54, 1.807) is 0 Å². The largest absolute Gasteiger partial charge is 0.816 e. The number of halogens is 6. The van der Waals surface area contributed by atoms with Crippen molar-refractivity contribution in [1.82, 2.24) is 54.8 Å². The highest BCUT2D eigenvalue weighted by molar-refractivity contribution is 7.36. The molecule has 48 heteroatoms. The van der Waals surface area contributed by atoms with Gasteiger partial charge in [-0.1, -0.05) is 0 Å². The Morgan fingerprint density at radius 2 is 0.204 bits per heavy atom. The summed E-state index contributed by atoms with van der Waals surface area (Å²) in [4.78, 5) is 100. The fourth-order valence-electron chi connectivity index (χ4n) is 6.90. The van der Waals surface area contributed by atoms with Crippen molar-refractivity contribution in [2.24, 2.45) is 169 Å². The van der Waals surface area contributed by atoms with Gasteiger partial charge in [0.05, 0.1) is 169 Å². The predicted molar refractivity (Wildman–Crippen MR) is 367 cm³/mol. The van der Waals surface area contributed by atoms with Crippen LogP contribution in [0, 0.1) is 0 Å². The third kappa shape index (κ3) is 92.4. The molecule has 12 rings (SSSR count). The highest BCUT2D eigenvalue weighted by atomic mass is 31.2. The summed E-state index contributed by atoms with van der Waals surface area (Å²) in [5.74, 6) is 0. The minimum atomic E-state index is -3.62. The van der Waals surface area contributed by atoms with E-state index in [-0.39, 0.29) is 0 Å². The lowest BCUT2D eigenvalue weighted by molar-refractivity contribution is -0.671. The molecule has 0 unspecified atom stereocenters. The van der Waals surface area contributed by atoms with Crippen molar-refractivity contribution in [2.75, 3.05) is 0 Å². The first-order valence-corrected chi connectivity index (χ1v) is 36.7. The molecule has 0 amide bonds. The Morgan fingerprint density at radius 1 is 0.157 bits per heavy atom. The average Bonchev–Trinajstić information content (AvgIpc) is 2.18. The van der Waals surface area contributed by atoms with Gasteiger partial charge in [-0.15, -0.1) is 52.1 Å². The zero-order chi connectivity index (χ0) is 84.8. The molecule has 12 aromatic heterocycles. The molecule has 0 saturated carbocycles. The Labute approximate surface area is 636 Å². The van der Waals surface area contributed by atoms with E-state index in [2.05, 4.69) is 0 Å². The number of imidazole rings is 12. The molecule has 0 bridgehead atoms. The summed E-state index contributed by atoms with van der Waals surface area (Å²) >= 11 is 0. The topological polar surface area (TPSA) is 382 Å². The van der Waals surface area contributed by atoms with Gasteiger partial charge in [-0.25, -0.2) is 110 Å². The highest BCUT2D eigenvalue weighted by Crippen LogP contribution is 2.10. The number of aromatic nitrogens is 24. The third-order valence-electron chi connectivity index (χ3n) is 10.8. The summed E-state index contributed by atoms with van der Waals surface area (Å²) < 4.78 is 108. The molecule has 0 spiro atoms. The molecule has 0 aliphatic rings. The molecule has 0 fully saturated rings. The van der Waals surface area contributed by atoms with Gasteiger partial charge in [-0.05, 0) is 0 Å². The van der Waals surface area contributed by atoms with E-state index < -0.39 is 52.1 Å². The van der Waals surface area contributed by atoms with Crippen LogP contribution in [-0.4, -0.2) is 54.8 Å². The van der Waals surface area contributed by atoms with Crippen LogP contribution in [0.2, 0.25) is 0 Å². The second-order valence-electron chi connectivity index (χ2n) is 22.2. The van der Waals surface area contributed by atoms with Gasteiger partial charge >= 0.3 is 0 Å². The van der Waals surface area contributed by atoms with Gasteiger partial charge in [0, 0.05) is 0 Å². The van der Waals surface area contributed by atoms with Crippen LogP contribution in [0.4, 0.5) is 25.2 Å². The number of rotatable bonds is 0. The van der Waals surface area contributed by atoms with E-state index in [1.165, 1.54) is 0 Å². The summed E-state index contributed by atoms with van der Waals surface area (Å²) in [5.41, 5.74) is 0. The number of nitrogens with zero attached hydrogens (tertiary/aromatic N) is 24. The average molecular weight is 1660 g/mol. The summed E-state index contributed by atoms with van der Waals surface area (Å²) in [6.07, 6.45) is 72.0. The molecule has 0 aromatic carbocycles. The Hall–Kier alpha value is -7.80. The number of hydrogen-bond acceptors (Lipinski definition) is 12. The smallest absolute Gasteiger partial charge is 0.243 e. The maximum Gasteiger partial charge on any atom is 0.243 e. The summed E-state index contributed by atoms with van der Waals surface area (Å²) in [7, 11) is 26.3. The second kappa shape index (κ2) is 68.5. The van der Waals surface area contributed by atoms with Crippen LogP contribution in [0.1, 0.15) is 0 Å². The van der Waals surface area contributed by atoms with Crippen LogP contribution in [0.5, 0.6) is 0 Å². The number of aryl methyl sites for hydroxylation is 24. The molecule has 0 atom stereocenters. The van der Waals surface area contributed by atoms with Gasteiger partial charge in [0.15, 0.2) is 0 Å². The van der Waals surface area contributed by atoms with Crippen molar-refractivity contribution < 1.29 is 139 Å². The lowest BCUT2D eigenvalue weighted by Crippen LogP contribution is -2.23. The van der Waals surface area contributed by atoms with Gasteiger partial charge in [0.1, 0.15) is 149 Å².